The van der Waals surface area contributed by atoms with Crippen molar-refractivity contribution in [1.29, 1.82) is 0 Å². The number of hydrazone groups is 1. The number of carbonyl (C=O) groups is 1. The van der Waals surface area contributed by atoms with Gasteiger partial charge >= 0.3 is 5.97 Å². The summed E-state index contributed by atoms with van der Waals surface area (Å²) in [5.74, 6) is -0.0241. The summed E-state index contributed by atoms with van der Waals surface area (Å²) in [5, 5.41) is 6.75. The minimum absolute atomic E-state index is 0.463. The Hall–Kier alpha value is -5.42. The molecular weight excluding hydrogens is 494 g/mol. The van der Waals surface area contributed by atoms with Crippen LogP contribution in [0.4, 0.5) is 28.4 Å². The molecular formula is C35H29N3O2. The summed E-state index contributed by atoms with van der Waals surface area (Å²) >= 11 is 0. The first-order chi connectivity index (χ1) is 19.6. The molecule has 0 aliphatic rings. The SMILES string of the molecule is C=CC(=O)Oc1ccc(N(c2ccc(C)cc2)c2ccc(/C=N/N(c3ccccc3)c3ccccc3)cc2)cc1. The molecule has 0 aromatic heterocycles. The summed E-state index contributed by atoms with van der Waals surface area (Å²) < 4.78 is 5.26. The van der Waals surface area contributed by atoms with Crippen LogP contribution in [0.25, 0.3) is 0 Å². The standard InChI is InChI=1S/C35H29N3O2/c1-3-35(39)40-34-24-22-31(23-25-34)37(29-18-14-27(2)15-19-29)30-20-16-28(17-21-30)26-36-38(32-10-6-4-7-11-32)33-12-8-5-9-13-33/h3-26H,1H2,2H3/b36-26+. The normalized spacial score (nSPS) is 10.7. The molecule has 0 radical (unpaired) electrons. The third-order valence-corrected chi connectivity index (χ3v) is 6.25. The topological polar surface area (TPSA) is 45.1 Å². The van der Waals surface area contributed by atoms with E-state index in [1.807, 2.05) is 84.0 Å². The zero-order chi connectivity index (χ0) is 27.7. The molecule has 0 bridgehead atoms. The molecule has 0 saturated carbocycles. The van der Waals surface area contributed by atoms with E-state index in [0.717, 1.165) is 40.1 Å². The van der Waals surface area contributed by atoms with Crippen LogP contribution in [-0.4, -0.2) is 12.2 Å². The zero-order valence-electron chi connectivity index (χ0n) is 22.2. The van der Waals surface area contributed by atoms with E-state index >= 15 is 0 Å². The molecule has 5 heteroatoms. The zero-order valence-corrected chi connectivity index (χ0v) is 22.2. The van der Waals surface area contributed by atoms with Gasteiger partial charge in [0.25, 0.3) is 0 Å². The highest BCUT2D eigenvalue weighted by Gasteiger charge is 2.13. The minimum Gasteiger partial charge on any atom is -0.423 e. The van der Waals surface area contributed by atoms with Crippen LogP contribution in [0, 0.1) is 6.92 Å². The van der Waals surface area contributed by atoms with E-state index in [0.29, 0.717) is 5.75 Å². The Morgan fingerprint density at radius 2 is 1.12 bits per heavy atom. The Morgan fingerprint density at radius 1 is 0.650 bits per heavy atom. The smallest absolute Gasteiger partial charge is 0.335 e. The Labute approximate surface area is 234 Å². The lowest BCUT2D eigenvalue weighted by atomic mass is 10.1. The van der Waals surface area contributed by atoms with Gasteiger partial charge in [-0.2, -0.15) is 5.10 Å². The average Bonchev–Trinajstić information content (AvgIpc) is 3.01. The number of nitrogens with zero attached hydrogens (tertiary/aromatic N) is 3. The number of hydrogen-bond acceptors (Lipinski definition) is 5. The van der Waals surface area contributed by atoms with Crippen molar-refractivity contribution >= 4 is 40.6 Å². The van der Waals surface area contributed by atoms with Crippen molar-refractivity contribution < 1.29 is 9.53 Å². The number of rotatable bonds is 9. The maximum atomic E-state index is 11.6. The summed E-state index contributed by atoms with van der Waals surface area (Å²) in [5.41, 5.74) is 7.05. The maximum Gasteiger partial charge on any atom is 0.335 e. The molecule has 40 heavy (non-hydrogen) atoms. The lowest BCUT2D eigenvalue weighted by Crippen LogP contribution is -2.11. The number of para-hydroxylation sites is 2. The van der Waals surface area contributed by atoms with Crippen LogP contribution >= 0.6 is 0 Å². The fraction of sp³-hybridized carbons (Fsp3) is 0.0286. The van der Waals surface area contributed by atoms with E-state index in [4.69, 9.17) is 9.84 Å². The number of esters is 1. The van der Waals surface area contributed by atoms with Crippen LogP contribution in [-0.2, 0) is 4.79 Å². The third-order valence-electron chi connectivity index (χ3n) is 6.25. The van der Waals surface area contributed by atoms with E-state index in [-0.39, 0.29) is 0 Å². The van der Waals surface area contributed by atoms with E-state index < -0.39 is 5.97 Å². The van der Waals surface area contributed by atoms with E-state index in [1.165, 1.54) is 5.56 Å². The fourth-order valence-electron chi connectivity index (χ4n) is 4.22. The maximum absolute atomic E-state index is 11.6. The van der Waals surface area contributed by atoms with Crippen molar-refractivity contribution in [3.05, 3.63) is 157 Å². The van der Waals surface area contributed by atoms with Crippen LogP contribution in [0.5, 0.6) is 5.75 Å². The molecule has 0 fully saturated rings. The predicted molar refractivity (Wildman–Crippen MR) is 164 cm³/mol. The first kappa shape index (κ1) is 26.2. The lowest BCUT2D eigenvalue weighted by molar-refractivity contribution is -0.128. The second kappa shape index (κ2) is 12.4. The van der Waals surface area contributed by atoms with E-state index in [1.54, 1.807) is 12.1 Å². The number of carbonyl (C=O) groups excluding carboxylic acids is 1. The Balaban J connectivity index is 1.44. The minimum atomic E-state index is -0.488. The molecule has 5 aromatic rings. The largest absolute Gasteiger partial charge is 0.423 e. The van der Waals surface area contributed by atoms with Crippen LogP contribution < -0.4 is 14.6 Å². The summed E-state index contributed by atoms with van der Waals surface area (Å²) in [6.45, 7) is 5.52. The van der Waals surface area contributed by atoms with Crippen LogP contribution in [0.3, 0.4) is 0 Å². The van der Waals surface area contributed by atoms with Crippen molar-refractivity contribution in [3.63, 3.8) is 0 Å². The van der Waals surface area contributed by atoms with E-state index in [9.17, 15) is 4.79 Å². The van der Waals surface area contributed by atoms with Gasteiger partial charge in [-0.3, -0.25) is 0 Å². The van der Waals surface area contributed by atoms with Gasteiger partial charge in [-0.25, -0.2) is 9.80 Å². The highest BCUT2D eigenvalue weighted by Crippen LogP contribution is 2.35. The van der Waals surface area contributed by atoms with Crippen molar-refractivity contribution in [3.8, 4) is 5.75 Å². The summed E-state index contributed by atoms with van der Waals surface area (Å²) in [6.07, 6.45) is 3.01. The van der Waals surface area contributed by atoms with Crippen molar-refractivity contribution in [2.24, 2.45) is 5.10 Å². The van der Waals surface area contributed by atoms with Crippen molar-refractivity contribution in [2.45, 2.75) is 6.92 Å². The van der Waals surface area contributed by atoms with Gasteiger partial charge in [-0.05, 0) is 85.3 Å². The van der Waals surface area contributed by atoms with Crippen LogP contribution in [0.1, 0.15) is 11.1 Å². The van der Waals surface area contributed by atoms with Gasteiger partial charge < -0.3 is 9.64 Å². The lowest BCUT2D eigenvalue weighted by Gasteiger charge is -2.26. The predicted octanol–water partition coefficient (Wildman–Crippen LogP) is 8.73. The quantitative estimate of drug-likeness (QED) is 0.0637. The molecule has 0 atom stereocenters. The Kier molecular flexibility index (Phi) is 8.13. The highest BCUT2D eigenvalue weighted by atomic mass is 16.5. The molecule has 0 spiro atoms. The first-order valence-corrected chi connectivity index (χ1v) is 13.0. The van der Waals surface area contributed by atoms with Gasteiger partial charge in [-0.1, -0.05) is 72.8 Å². The second-order valence-electron chi connectivity index (χ2n) is 9.11. The molecule has 0 aliphatic heterocycles. The van der Waals surface area contributed by atoms with Gasteiger partial charge in [0.05, 0.1) is 17.6 Å². The second-order valence-corrected chi connectivity index (χ2v) is 9.11. The molecule has 5 aromatic carbocycles. The molecule has 5 rings (SSSR count). The van der Waals surface area contributed by atoms with E-state index in [2.05, 4.69) is 66.9 Å². The molecule has 196 valence electrons. The first-order valence-electron chi connectivity index (χ1n) is 13.0. The number of hydrogen-bond donors (Lipinski definition) is 0. The van der Waals surface area contributed by atoms with Gasteiger partial charge in [0, 0.05) is 23.1 Å². The van der Waals surface area contributed by atoms with Crippen molar-refractivity contribution in [2.75, 3.05) is 9.91 Å². The number of benzene rings is 5. The fourth-order valence-corrected chi connectivity index (χ4v) is 4.22. The summed E-state index contributed by atoms with van der Waals surface area (Å²) in [4.78, 5) is 13.8. The average molecular weight is 524 g/mol. The Bertz CT molecular complexity index is 1540. The number of aryl methyl sites for hydroxylation is 1. The molecule has 5 nitrogen and oxygen atoms in total. The van der Waals surface area contributed by atoms with Crippen LogP contribution in [0.15, 0.2) is 151 Å². The summed E-state index contributed by atoms with van der Waals surface area (Å²) in [7, 11) is 0. The highest BCUT2D eigenvalue weighted by molar-refractivity contribution is 5.85. The van der Waals surface area contributed by atoms with Gasteiger partial charge in [0.1, 0.15) is 5.75 Å². The molecule has 0 heterocycles. The van der Waals surface area contributed by atoms with Gasteiger partial charge in [0.2, 0.25) is 0 Å². The number of anilines is 5. The molecule has 0 amide bonds. The molecule has 0 aliphatic carbocycles. The van der Waals surface area contributed by atoms with Crippen LogP contribution in [0.2, 0.25) is 0 Å². The van der Waals surface area contributed by atoms with Crippen molar-refractivity contribution in [1.82, 2.24) is 0 Å². The third kappa shape index (κ3) is 6.34. The van der Waals surface area contributed by atoms with Gasteiger partial charge in [0.15, 0.2) is 0 Å². The molecule has 0 saturated heterocycles. The molecule has 0 unspecified atom stereocenters. The van der Waals surface area contributed by atoms with Gasteiger partial charge in [-0.15, -0.1) is 0 Å². The summed E-state index contributed by atoms with van der Waals surface area (Å²) in [6, 6.07) is 44.2. The Morgan fingerprint density at radius 3 is 1.62 bits per heavy atom. The molecule has 0 N–H and O–H groups in total. The monoisotopic (exact) mass is 523 g/mol. The number of ether oxygens (including phenoxy) is 1.